The van der Waals surface area contributed by atoms with Gasteiger partial charge in [-0.3, -0.25) is 19.3 Å². The van der Waals surface area contributed by atoms with Crippen LogP contribution in [-0.2, 0) is 20.8 Å². The van der Waals surface area contributed by atoms with Crippen LogP contribution in [0.3, 0.4) is 0 Å². The molecule has 0 unspecified atom stereocenters. The number of ketones is 2. The molecular weight excluding hydrogens is 452 g/mol. The number of phenols is 1. The second-order valence-corrected chi connectivity index (χ2v) is 9.74. The average Bonchev–Trinajstić information content (AvgIpc) is 2.76. The van der Waals surface area contributed by atoms with Crippen LogP contribution in [0.2, 0.25) is 0 Å². The summed E-state index contributed by atoms with van der Waals surface area (Å²) >= 11 is 0. The number of nitrogens with two attached hydrogens (primary N) is 1. The van der Waals surface area contributed by atoms with E-state index >= 15 is 0 Å². The normalized spacial score (nSPS) is 28.7. The van der Waals surface area contributed by atoms with Crippen molar-refractivity contribution in [1.29, 1.82) is 0 Å². The van der Waals surface area contributed by atoms with Crippen molar-refractivity contribution >= 4 is 28.8 Å². The molecule has 1 aromatic carbocycles. The van der Waals surface area contributed by atoms with Crippen LogP contribution >= 0.6 is 0 Å². The first-order valence-electron chi connectivity index (χ1n) is 11.5. The van der Waals surface area contributed by atoms with Crippen molar-refractivity contribution in [2.45, 2.75) is 44.8 Å². The maximum Gasteiger partial charge on any atom is 0.255 e. The van der Waals surface area contributed by atoms with Gasteiger partial charge in [-0.15, -0.1) is 0 Å². The van der Waals surface area contributed by atoms with Gasteiger partial charge in [0.05, 0.1) is 11.6 Å². The zero-order valence-electron chi connectivity index (χ0n) is 20.1. The molecule has 1 fully saturated rings. The number of aliphatic hydroxyl groups is 3. The van der Waals surface area contributed by atoms with Crippen molar-refractivity contribution < 1.29 is 34.8 Å². The summed E-state index contributed by atoms with van der Waals surface area (Å²) in [6.45, 7) is 3.92. The Balaban J connectivity index is 1.98. The number of amides is 1. The van der Waals surface area contributed by atoms with Crippen LogP contribution in [0.4, 0.5) is 0 Å². The Hall–Kier alpha value is -3.43. The van der Waals surface area contributed by atoms with Gasteiger partial charge in [-0.1, -0.05) is 19.1 Å². The molecular formula is C26H30N2O7. The summed E-state index contributed by atoms with van der Waals surface area (Å²) in [4.78, 5) is 40.4. The van der Waals surface area contributed by atoms with E-state index in [-0.39, 0.29) is 29.7 Å². The average molecular weight is 483 g/mol. The molecule has 0 bridgehead atoms. The number of nitrogens with zero attached hydrogens (tertiary/aromatic N) is 1. The van der Waals surface area contributed by atoms with E-state index < -0.39 is 58.0 Å². The summed E-state index contributed by atoms with van der Waals surface area (Å²) in [6.07, 6.45) is 3.14. The Labute approximate surface area is 202 Å². The van der Waals surface area contributed by atoms with Gasteiger partial charge in [0, 0.05) is 11.5 Å². The highest BCUT2D eigenvalue weighted by molar-refractivity contribution is 6.24. The molecule has 0 heterocycles. The molecule has 1 amide bonds. The van der Waals surface area contributed by atoms with Crippen LogP contribution in [0, 0.1) is 11.8 Å². The number of likely N-dealkylation sites (N-methyl/N-ethyl adjacent to an activating group) is 1. The fourth-order valence-electron chi connectivity index (χ4n) is 6.03. The number of aromatic hydroxyl groups is 1. The summed E-state index contributed by atoms with van der Waals surface area (Å²) in [5.74, 6) is -6.51. The van der Waals surface area contributed by atoms with E-state index in [0.717, 1.165) is 17.6 Å². The summed E-state index contributed by atoms with van der Waals surface area (Å²) in [5, 5.41) is 44.3. The van der Waals surface area contributed by atoms with Crippen molar-refractivity contribution in [2.75, 3.05) is 14.1 Å². The first-order chi connectivity index (χ1) is 16.4. The molecule has 6 N–H and O–H groups in total. The second-order valence-electron chi connectivity index (χ2n) is 9.74. The molecule has 1 aromatic rings. The van der Waals surface area contributed by atoms with Crippen molar-refractivity contribution in [3.05, 3.63) is 51.8 Å². The number of primary amides is 1. The lowest BCUT2D eigenvalue weighted by Crippen LogP contribution is -2.65. The molecule has 9 heteroatoms. The third-order valence-corrected chi connectivity index (χ3v) is 7.54. The van der Waals surface area contributed by atoms with E-state index in [9.17, 15) is 34.8 Å². The molecule has 0 aromatic heterocycles. The number of allylic oxidation sites excluding steroid dienone is 2. The maximum atomic E-state index is 13.8. The Morgan fingerprint density at radius 2 is 1.89 bits per heavy atom. The lowest BCUT2D eigenvalue weighted by molar-refractivity contribution is -0.153. The molecule has 4 atom stereocenters. The van der Waals surface area contributed by atoms with Gasteiger partial charge in [0.2, 0.25) is 5.78 Å². The van der Waals surface area contributed by atoms with Crippen LogP contribution in [0.1, 0.15) is 43.4 Å². The largest absolute Gasteiger partial charge is 0.508 e. The van der Waals surface area contributed by atoms with E-state index in [2.05, 4.69) is 0 Å². The van der Waals surface area contributed by atoms with E-state index in [1.54, 1.807) is 20.2 Å². The van der Waals surface area contributed by atoms with Crippen LogP contribution in [0.15, 0.2) is 35.1 Å². The van der Waals surface area contributed by atoms with Crippen LogP contribution in [0.25, 0.3) is 11.3 Å². The zero-order chi connectivity index (χ0) is 26.0. The van der Waals surface area contributed by atoms with E-state index in [4.69, 9.17) is 5.73 Å². The van der Waals surface area contributed by atoms with E-state index in [1.807, 2.05) is 19.9 Å². The smallest absolute Gasteiger partial charge is 0.255 e. The zero-order valence-corrected chi connectivity index (χ0v) is 20.1. The Morgan fingerprint density at radius 1 is 1.23 bits per heavy atom. The van der Waals surface area contributed by atoms with Crippen molar-refractivity contribution in [2.24, 2.45) is 17.6 Å². The number of aliphatic hydroxyl groups excluding tert-OH is 2. The van der Waals surface area contributed by atoms with E-state index in [1.165, 1.54) is 11.0 Å². The van der Waals surface area contributed by atoms with Crippen LogP contribution < -0.4 is 5.73 Å². The number of hydrogen-bond acceptors (Lipinski definition) is 8. The van der Waals surface area contributed by atoms with Crippen LogP contribution in [0.5, 0.6) is 5.75 Å². The van der Waals surface area contributed by atoms with Gasteiger partial charge in [-0.25, -0.2) is 0 Å². The molecule has 35 heavy (non-hydrogen) atoms. The van der Waals surface area contributed by atoms with Gasteiger partial charge >= 0.3 is 0 Å². The minimum atomic E-state index is -2.63. The molecule has 4 rings (SSSR count). The second kappa shape index (κ2) is 8.35. The standard InChI is InChI=1S/C26H30N2O7/c1-5-6-11(2)13-7-8-16(29)18-14(13)9-12-10-15-20(28(3)4)22(31)19(25(27)34)24(33)26(15,35)23(32)17(12)21(18)30/h6-8,12,15,20,29-30,33,35H,5,9-10H2,1-4H3,(H2,27,34)/b11-6+/t12-,15-,20-,26-/m1/s1. The van der Waals surface area contributed by atoms with Crippen LogP contribution in [-0.4, -0.2) is 68.5 Å². The lowest BCUT2D eigenvalue weighted by atomic mass is 9.57. The molecule has 9 nitrogen and oxygen atoms in total. The summed E-state index contributed by atoms with van der Waals surface area (Å²) in [7, 11) is 3.14. The number of Topliss-reactive ketones (excluding diaryl/α,β-unsaturated/α-hetero) is 2. The Kier molecular flexibility index (Phi) is 5.89. The predicted molar refractivity (Wildman–Crippen MR) is 128 cm³/mol. The molecule has 0 spiro atoms. The van der Waals surface area contributed by atoms with Gasteiger partial charge in [0.15, 0.2) is 11.4 Å². The van der Waals surface area contributed by atoms with Crippen molar-refractivity contribution in [3.63, 3.8) is 0 Å². The van der Waals surface area contributed by atoms with Gasteiger partial charge in [0.25, 0.3) is 5.91 Å². The number of carbonyl (C=O) groups excluding carboxylic acids is 3. The molecule has 3 aliphatic carbocycles. The van der Waals surface area contributed by atoms with Gasteiger partial charge in [-0.05, 0) is 69.0 Å². The fraction of sp³-hybridized carbons (Fsp3) is 0.423. The number of benzene rings is 1. The number of phenolic OH excluding ortho intramolecular Hbond substituents is 1. The third-order valence-electron chi connectivity index (χ3n) is 7.54. The monoisotopic (exact) mass is 482 g/mol. The molecule has 3 aliphatic rings. The number of fused-ring (bicyclic) bond motifs is 3. The summed E-state index contributed by atoms with van der Waals surface area (Å²) < 4.78 is 0. The molecule has 186 valence electrons. The fourth-order valence-corrected chi connectivity index (χ4v) is 6.03. The topological polar surface area (TPSA) is 161 Å². The highest BCUT2D eigenvalue weighted by Crippen LogP contribution is 2.53. The number of hydrogen-bond donors (Lipinski definition) is 5. The maximum absolute atomic E-state index is 13.8. The summed E-state index contributed by atoms with van der Waals surface area (Å²) in [5.41, 5.74) is 4.26. The first kappa shape index (κ1) is 24.7. The Bertz CT molecular complexity index is 1260. The molecule has 0 saturated heterocycles. The lowest BCUT2D eigenvalue weighted by Gasteiger charge is -2.50. The SMILES string of the molecule is CC/C=C(\C)c1ccc(O)c2c1C[C@@H]1C[C@@H]3[C@@H](N(C)C)C(=O)C(C(N)=O)=C(O)[C@]3(O)C(=O)C1=C2O. The van der Waals surface area contributed by atoms with Crippen molar-refractivity contribution in [1.82, 2.24) is 4.90 Å². The highest BCUT2D eigenvalue weighted by atomic mass is 16.3. The first-order valence-corrected chi connectivity index (χ1v) is 11.5. The predicted octanol–water partition coefficient (Wildman–Crippen LogP) is 1.78. The quantitative estimate of drug-likeness (QED) is 0.406. The minimum Gasteiger partial charge on any atom is -0.508 e. The van der Waals surface area contributed by atoms with Gasteiger partial charge in [-0.2, -0.15) is 0 Å². The summed E-state index contributed by atoms with van der Waals surface area (Å²) in [6, 6.07) is 2.10. The van der Waals surface area contributed by atoms with Gasteiger partial charge < -0.3 is 26.2 Å². The number of carbonyl (C=O) groups is 3. The van der Waals surface area contributed by atoms with Gasteiger partial charge in [0.1, 0.15) is 22.8 Å². The molecule has 1 saturated carbocycles. The Morgan fingerprint density at radius 3 is 2.46 bits per heavy atom. The highest BCUT2D eigenvalue weighted by Gasteiger charge is 2.64. The number of rotatable bonds is 4. The van der Waals surface area contributed by atoms with Crippen molar-refractivity contribution in [3.8, 4) is 5.75 Å². The molecule has 0 aliphatic heterocycles. The third kappa shape index (κ3) is 3.33. The molecule has 0 radical (unpaired) electrons. The van der Waals surface area contributed by atoms with E-state index in [0.29, 0.717) is 5.56 Å². The minimum absolute atomic E-state index is 0.0669.